The zero-order chi connectivity index (χ0) is 12.3. The Balaban J connectivity index is 1.85. The maximum atomic E-state index is 10.7. The molecule has 1 aliphatic heterocycles. The first-order valence-corrected chi connectivity index (χ1v) is 6.73. The molecule has 17 heavy (non-hydrogen) atoms. The summed E-state index contributed by atoms with van der Waals surface area (Å²) in [6, 6.07) is 8.00. The molecule has 92 valence electrons. The third-order valence-corrected chi connectivity index (χ3v) is 3.91. The Bertz CT molecular complexity index is 383. The van der Waals surface area contributed by atoms with Crippen LogP contribution in [0.25, 0.3) is 0 Å². The molecule has 3 nitrogen and oxygen atoms in total. The van der Waals surface area contributed by atoms with Crippen molar-refractivity contribution in [1.82, 2.24) is 0 Å². The van der Waals surface area contributed by atoms with E-state index in [1.54, 1.807) is 0 Å². The monoisotopic (exact) mass is 297 g/mol. The van der Waals surface area contributed by atoms with Crippen LogP contribution in [0.1, 0.15) is 18.4 Å². The zero-order valence-corrected chi connectivity index (χ0v) is 11.2. The van der Waals surface area contributed by atoms with Gasteiger partial charge in [-0.15, -0.1) is 0 Å². The Morgan fingerprint density at radius 1 is 1.35 bits per heavy atom. The highest BCUT2D eigenvalue weighted by Crippen LogP contribution is 2.18. The lowest BCUT2D eigenvalue weighted by molar-refractivity contribution is -0.697. The third kappa shape index (κ3) is 3.54. The average Bonchev–Trinajstić information content (AvgIpc) is 2.33. The van der Waals surface area contributed by atoms with E-state index in [9.17, 15) is 9.90 Å². The van der Waals surface area contributed by atoms with Crippen molar-refractivity contribution in [2.75, 3.05) is 6.54 Å². The lowest BCUT2D eigenvalue weighted by Crippen LogP contribution is -2.95. The van der Waals surface area contributed by atoms with Crippen molar-refractivity contribution in [3.05, 3.63) is 34.3 Å². The highest BCUT2D eigenvalue weighted by Gasteiger charge is 2.24. The van der Waals surface area contributed by atoms with Crippen LogP contribution in [-0.4, -0.2) is 18.6 Å². The van der Waals surface area contributed by atoms with Crippen molar-refractivity contribution >= 4 is 21.9 Å². The first kappa shape index (κ1) is 12.6. The molecule has 0 radical (unpaired) electrons. The molecule has 2 atom stereocenters. The van der Waals surface area contributed by atoms with Crippen LogP contribution in [-0.2, 0) is 11.2 Å². The van der Waals surface area contributed by atoms with Crippen molar-refractivity contribution in [1.29, 1.82) is 0 Å². The van der Waals surface area contributed by atoms with Gasteiger partial charge in [0.05, 0.1) is 12.5 Å². The molecule has 1 aromatic rings. The Kier molecular flexibility index (Phi) is 4.18. The number of carboxylic acids is 1. The second-order valence-electron chi connectivity index (χ2n) is 4.67. The van der Waals surface area contributed by atoms with E-state index >= 15 is 0 Å². The van der Waals surface area contributed by atoms with Crippen molar-refractivity contribution in [3.63, 3.8) is 0 Å². The second-order valence-corrected chi connectivity index (χ2v) is 5.59. The van der Waals surface area contributed by atoms with Crippen LogP contribution in [0.4, 0.5) is 0 Å². The fourth-order valence-corrected chi connectivity index (χ4v) is 2.63. The molecule has 1 saturated heterocycles. The molecular formula is C13H16BrNO2. The molecule has 0 saturated carbocycles. The van der Waals surface area contributed by atoms with E-state index in [2.05, 4.69) is 28.1 Å². The number of piperidine rings is 1. The minimum Gasteiger partial charge on any atom is -0.544 e. The SMILES string of the molecule is O=C([O-])[C@@H]1CC[C@H](Cc2ccc(Br)cc2)C[NH2+]1. The summed E-state index contributed by atoms with van der Waals surface area (Å²) in [5, 5.41) is 12.6. The van der Waals surface area contributed by atoms with Gasteiger partial charge in [-0.2, -0.15) is 0 Å². The number of halogens is 1. The predicted octanol–water partition coefficient (Wildman–Crippen LogP) is 0.0835. The number of carboxylic acid groups (broad SMARTS) is 1. The van der Waals surface area contributed by atoms with E-state index in [1.165, 1.54) is 5.56 Å². The van der Waals surface area contributed by atoms with Gasteiger partial charge >= 0.3 is 0 Å². The van der Waals surface area contributed by atoms with Gasteiger partial charge in [-0.3, -0.25) is 0 Å². The smallest absolute Gasteiger partial charge is 0.126 e. The fraction of sp³-hybridized carbons (Fsp3) is 0.462. The van der Waals surface area contributed by atoms with Gasteiger partial charge in [0.1, 0.15) is 6.04 Å². The van der Waals surface area contributed by atoms with Crippen LogP contribution in [0.3, 0.4) is 0 Å². The molecule has 2 rings (SSSR count). The Morgan fingerprint density at radius 3 is 2.59 bits per heavy atom. The maximum absolute atomic E-state index is 10.7. The summed E-state index contributed by atoms with van der Waals surface area (Å²) in [5.41, 5.74) is 1.32. The molecule has 2 N–H and O–H groups in total. The number of carbonyl (C=O) groups excluding carboxylic acids is 1. The molecule has 1 fully saturated rings. The van der Waals surface area contributed by atoms with Crippen LogP contribution in [0.15, 0.2) is 28.7 Å². The summed E-state index contributed by atoms with van der Waals surface area (Å²) in [6.45, 7) is 0.884. The number of hydrogen-bond acceptors (Lipinski definition) is 2. The topological polar surface area (TPSA) is 56.7 Å². The molecule has 0 unspecified atom stereocenters. The molecular weight excluding hydrogens is 282 g/mol. The first-order valence-electron chi connectivity index (χ1n) is 5.94. The summed E-state index contributed by atoms with van der Waals surface area (Å²) in [6.07, 6.45) is 2.73. The number of rotatable bonds is 3. The van der Waals surface area contributed by atoms with Gasteiger partial charge < -0.3 is 15.2 Å². The number of quaternary nitrogens is 1. The fourth-order valence-electron chi connectivity index (χ4n) is 2.36. The van der Waals surface area contributed by atoms with Gasteiger partial charge in [-0.1, -0.05) is 28.1 Å². The lowest BCUT2D eigenvalue weighted by atomic mass is 9.89. The highest BCUT2D eigenvalue weighted by molar-refractivity contribution is 9.10. The van der Waals surface area contributed by atoms with E-state index in [-0.39, 0.29) is 6.04 Å². The van der Waals surface area contributed by atoms with Gasteiger partial charge in [0.2, 0.25) is 0 Å². The van der Waals surface area contributed by atoms with E-state index in [0.29, 0.717) is 5.92 Å². The summed E-state index contributed by atoms with van der Waals surface area (Å²) >= 11 is 3.42. The molecule has 0 bridgehead atoms. The molecule has 1 aromatic carbocycles. The molecule has 4 heteroatoms. The molecule has 0 spiro atoms. The summed E-state index contributed by atoms with van der Waals surface area (Å²) < 4.78 is 1.09. The zero-order valence-electron chi connectivity index (χ0n) is 9.56. The van der Waals surface area contributed by atoms with Crippen LogP contribution in [0.2, 0.25) is 0 Å². The van der Waals surface area contributed by atoms with Gasteiger partial charge in [0, 0.05) is 16.8 Å². The predicted molar refractivity (Wildman–Crippen MR) is 66.2 cm³/mol. The average molecular weight is 298 g/mol. The summed E-state index contributed by atoms with van der Waals surface area (Å²) in [4.78, 5) is 10.7. The highest BCUT2D eigenvalue weighted by atomic mass is 79.9. The van der Waals surface area contributed by atoms with Crippen LogP contribution in [0, 0.1) is 5.92 Å². The van der Waals surface area contributed by atoms with Gasteiger partial charge in [0.25, 0.3) is 0 Å². The van der Waals surface area contributed by atoms with E-state index in [1.807, 2.05) is 17.4 Å². The molecule has 0 amide bonds. The summed E-state index contributed by atoms with van der Waals surface area (Å²) in [5.74, 6) is -0.348. The number of benzene rings is 1. The van der Waals surface area contributed by atoms with E-state index in [4.69, 9.17) is 0 Å². The van der Waals surface area contributed by atoms with Crippen LogP contribution in [0.5, 0.6) is 0 Å². The van der Waals surface area contributed by atoms with Crippen molar-refractivity contribution < 1.29 is 15.2 Å². The Morgan fingerprint density at radius 2 is 2.06 bits per heavy atom. The van der Waals surface area contributed by atoms with Crippen molar-refractivity contribution in [3.8, 4) is 0 Å². The minimum absolute atomic E-state index is 0.337. The molecule has 1 heterocycles. The van der Waals surface area contributed by atoms with Crippen molar-refractivity contribution in [2.45, 2.75) is 25.3 Å². The number of aliphatic carboxylic acids is 1. The lowest BCUT2D eigenvalue weighted by Gasteiger charge is -2.27. The molecule has 1 aliphatic rings. The second kappa shape index (κ2) is 5.65. The number of carbonyl (C=O) groups is 1. The van der Waals surface area contributed by atoms with Crippen LogP contribution < -0.4 is 10.4 Å². The Hall–Kier alpha value is -0.870. The third-order valence-electron chi connectivity index (χ3n) is 3.38. The summed E-state index contributed by atoms with van der Waals surface area (Å²) in [7, 11) is 0. The molecule has 0 aromatic heterocycles. The quantitative estimate of drug-likeness (QED) is 0.859. The van der Waals surface area contributed by atoms with Crippen molar-refractivity contribution in [2.24, 2.45) is 5.92 Å². The van der Waals surface area contributed by atoms with E-state index < -0.39 is 5.97 Å². The minimum atomic E-state index is -0.924. The number of hydrogen-bond donors (Lipinski definition) is 1. The Labute approximate surface area is 109 Å². The normalized spacial score (nSPS) is 24.5. The maximum Gasteiger partial charge on any atom is 0.126 e. The van der Waals surface area contributed by atoms with Crippen LogP contribution >= 0.6 is 15.9 Å². The van der Waals surface area contributed by atoms with Gasteiger partial charge in [0.15, 0.2) is 0 Å². The first-order chi connectivity index (χ1) is 8.15. The van der Waals surface area contributed by atoms with Gasteiger partial charge in [-0.05, 0) is 30.5 Å². The van der Waals surface area contributed by atoms with Gasteiger partial charge in [-0.25, -0.2) is 0 Å². The largest absolute Gasteiger partial charge is 0.544 e. The molecule has 0 aliphatic carbocycles. The standard InChI is InChI=1S/C13H16BrNO2/c14-11-4-1-9(2-5-11)7-10-3-6-12(13(16)17)15-8-10/h1-2,4-5,10,12,15H,3,6-8H2,(H,16,17)/t10-,12+/m1/s1. The number of nitrogens with two attached hydrogens (primary N) is 1. The van der Waals surface area contributed by atoms with E-state index in [0.717, 1.165) is 30.3 Å².